The molecule has 0 unspecified atom stereocenters. The molecule has 5 rings (SSSR count). The van der Waals surface area contributed by atoms with Gasteiger partial charge < -0.3 is 4.90 Å². The Kier molecular flexibility index (Phi) is 5.70. The average molecular weight is 507 g/mol. The summed E-state index contributed by atoms with van der Waals surface area (Å²) in [5.41, 5.74) is 0.603. The molecule has 0 spiro atoms. The minimum Gasteiger partial charge on any atom is -0.302 e. The van der Waals surface area contributed by atoms with Crippen molar-refractivity contribution in [2.24, 2.45) is 0 Å². The molecule has 0 N–H and O–H groups in total. The fraction of sp³-hybridized carbons (Fsp3) is 0.261. The van der Waals surface area contributed by atoms with E-state index in [9.17, 15) is 22.8 Å². The van der Waals surface area contributed by atoms with E-state index in [0.717, 1.165) is 17.8 Å². The van der Waals surface area contributed by atoms with E-state index in [1.54, 1.807) is 30.5 Å². The molecule has 176 valence electrons. The monoisotopic (exact) mass is 506 g/mol. The Morgan fingerprint density at radius 3 is 2.65 bits per heavy atom. The first-order chi connectivity index (χ1) is 16.1. The summed E-state index contributed by atoms with van der Waals surface area (Å²) in [4.78, 5) is 28.8. The van der Waals surface area contributed by atoms with Crippen molar-refractivity contribution in [2.75, 3.05) is 20.1 Å². The number of amides is 2. The average Bonchev–Trinajstić information content (AvgIpc) is 3.26. The van der Waals surface area contributed by atoms with Crippen LogP contribution >= 0.6 is 23.4 Å². The van der Waals surface area contributed by atoms with Crippen LogP contribution in [0.25, 0.3) is 17.0 Å². The number of rotatable bonds is 4. The standard InChI is InChI=1S/C23H18ClF3N4O2S/c1-29-11-17(12-29)31-21(32)20(34-22(31)33)7-13-2-5-19-15(6-13)9-28-30(19)10-14-3-4-16(24)8-18(14)23(25,26)27/h2-9,17H,10-12H2,1H3. The maximum absolute atomic E-state index is 13.4. The molecule has 3 heterocycles. The molecule has 2 amide bonds. The van der Waals surface area contributed by atoms with Crippen LogP contribution in [0.3, 0.4) is 0 Å². The Bertz CT molecular complexity index is 1350. The summed E-state index contributed by atoms with van der Waals surface area (Å²) in [6, 6.07) is 8.86. The molecule has 2 aliphatic heterocycles. The Balaban J connectivity index is 1.40. The van der Waals surface area contributed by atoms with Gasteiger partial charge in [0.25, 0.3) is 11.1 Å². The number of alkyl halides is 3. The highest BCUT2D eigenvalue weighted by atomic mass is 35.5. The molecule has 2 aliphatic rings. The second-order valence-electron chi connectivity index (χ2n) is 8.35. The smallest absolute Gasteiger partial charge is 0.302 e. The Labute approximate surface area is 201 Å². The van der Waals surface area contributed by atoms with E-state index in [1.807, 2.05) is 11.9 Å². The van der Waals surface area contributed by atoms with Gasteiger partial charge in [0.05, 0.1) is 34.8 Å². The fourth-order valence-corrected chi connectivity index (χ4v) is 5.28. The maximum atomic E-state index is 13.4. The van der Waals surface area contributed by atoms with Crippen molar-refractivity contribution in [3.05, 3.63) is 69.2 Å². The van der Waals surface area contributed by atoms with E-state index < -0.39 is 11.7 Å². The van der Waals surface area contributed by atoms with Crippen LogP contribution in [-0.2, 0) is 17.5 Å². The van der Waals surface area contributed by atoms with Gasteiger partial charge in [-0.05, 0) is 60.3 Å². The van der Waals surface area contributed by atoms with Gasteiger partial charge in [-0.25, -0.2) is 0 Å². The third-order valence-electron chi connectivity index (χ3n) is 5.89. The Hall–Kier alpha value is -2.82. The second kappa shape index (κ2) is 8.44. The summed E-state index contributed by atoms with van der Waals surface area (Å²) in [6.07, 6.45) is -1.31. The van der Waals surface area contributed by atoms with Crippen molar-refractivity contribution in [2.45, 2.75) is 18.8 Å². The van der Waals surface area contributed by atoms with Crippen molar-refractivity contribution < 1.29 is 22.8 Å². The molecule has 2 fully saturated rings. The van der Waals surface area contributed by atoms with Gasteiger partial charge in [-0.15, -0.1) is 0 Å². The number of nitrogens with zero attached hydrogens (tertiary/aromatic N) is 4. The number of hydrogen-bond acceptors (Lipinski definition) is 5. The SMILES string of the molecule is CN1CC(N2C(=O)SC(=Cc3ccc4c(cnn4Cc4ccc(Cl)cc4C(F)(F)F)c3)C2=O)C1. The normalized spacial score (nSPS) is 19.0. The van der Waals surface area contributed by atoms with Crippen LogP contribution in [0.2, 0.25) is 5.02 Å². The summed E-state index contributed by atoms with van der Waals surface area (Å²) in [5, 5.41) is 4.70. The lowest BCUT2D eigenvalue weighted by atomic mass is 10.1. The molecule has 11 heteroatoms. The molecule has 3 aromatic rings. The minimum absolute atomic E-state index is 0.0137. The number of hydrogen-bond donors (Lipinski definition) is 0. The number of likely N-dealkylation sites (N-methyl/N-ethyl adjacent to an activating group) is 1. The summed E-state index contributed by atoms with van der Waals surface area (Å²) in [7, 11) is 1.93. The van der Waals surface area contributed by atoms with Crippen molar-refractivity contribution >= 4 is 51.5 Å². The van der Waals surface area contributed by atoms with Crippen molar-refractivity contribution in [1.29, 1.82) is 0 Å². The lowest BCUT2D eigenvalue weighted by Crippen LogP contribution is -2.58. The van der Waals surface area contributed by atoms with E-state index in [0.29, 0.717) is 34.5 Å². The van der Waals surface area contributed by atoms with Crippen LogP contribution in [0.4, 0.5) is 18.0 Å². The second-order valence-corrected chi connectivity index (χ2v) is 9.78. The molecule has 2 saturated heterocycles. The van der Waals surface area contributed by atoms with Crippen LogP contribution in [-0.4, -0.2) is 56.9 Å². The van der Waals surface area contributed by atoms with Crippen LogP contribution in [0.15, 0.2) is 47.5 Å². The minimum atomic E-state index is -4.53. The van der Waals surface area contributed by atoms with Crippen LogP contribution < -0.4 is 0 Å². The predicted octanol–water partition coefficient (Wildman–Crippen LogP) is 5.11. The lowest BCUT2D eigenvalue weighted by molar-refractivity contribution is -0.138. The van der Waals surface area contributed by atoms with Gasteiger partial charge in [-0.3, -0.25) is 19.2 Å². The quantitative estimate of drug-likeness (QED) is 0.460. The summed E-state index contributed by atoms with van der Waals surface area (Å²) in [5.74, 6) is -0.300. The Morgan fingerprint density at radius 1 is 1.18 bits per heavy atom. The number of halogens is 4. The first-order valence-electron chi connectivity index (χ1n) is 10.4. The van der Waals surface area contributed by atoms with Gasteiger partial charge >= 0.3 is 6.18 Å². The van der Waals surface area contributed by atoms with Crippen LogP contribution in [0.1, 0.15) is 16.7 Å². The van der Waals surface area contributed by atoms with Gasteiger partial charge in [0.2, 0.25) is 0 Å². The predicted molar refractivity (Wildman–Crippen MR) is 124 cm³/mol. The zero-order valence-electron chi connectivity index (χ0n) is 17.8. The third kappa shape index (κ3) is 4.21. The van der Waals surface area contributed by atoms with Gasteiger partial charge in [0.1, 0.15) is 0 Å². The number of thioether (sulfide) groups is 1. The highest BCUT2D eigenvalue weighted by Crippen LogP contribution is 2.36. The number of aromatic nitrogens is 2. The zero-order valence-corrected chi connectivity index (χ0v) is 19.4. The van der Waals surface area contributed by atoms with Crippen molar-refractivity contribution in [1.82, 2.24) is 19.6 Å². The molecular formula is C23H18ClF3N4O2S. The van der Waals surface area contributed by atoms with Gasteiger partial charge in [-0.1, -0.05) is 23.7 Å². The van der Waals surface area contributed by atoms with Crippen molar-refractivity contribution in [3.63, 3.8) is 0 Å². The van der Waals surface area contributed by atoms with E-state index in [-0.39, 0.29) is 34.3 Å². The first-order valence-corrected chi connectivity index (χ1v) is 11.6. The molecule has 6 nitrogen and oxygen atoms in total. The van der Waals surface area contributed by atoms with E-state index in [2.05, 4.69) is 5.10 Å². The van der Waals surface area contributed by atoms with Gasteiger partial charge in [0.15, 0.2) is 0 Å². The molecule has 0 saturated carbocycles. The van der Waals surface area contributed by atoms with Crippen molar-refractivity contribution in [3.8, 4) is 0 Å². The molecule has 0 bridgehead atoms. The molecule has 0 radical (unpaired) electrons. The first kappa shape index (κ1) is 22.9. The summed E-state index contributed by atoms with van der Waals surface area (Å²) >= 11 is 6.69. The van der Waals surface area contributed by atoms with Gasteiger partial charge in [0, 0.05) is 23.5 Å². The molecule has 1 aromatic heterocycles. The fourth-order valence-electron chi connectivity index (χ4n) is 4.21. The zero-order chi connectivity index (χ0) is 24.2. The highest BCUT2D eigenvalue weighted by molar-refractivity contribution is 8.18. The molecule has 0 aliphatic carbocycles. The highest BCUT2D eigenvalue weighted by Gasteiger charge is 2.43. The molecular weight excluding hydrogens is 489 g/mol. The van der Waals surface area contributed by atoms with E-state index >= 15 is 0 Å². The van der Waals surface area contributed by atoms with Crippen LogP contribution in [0.5, 0.6) is 0 Å². The number of likely N-dealkylation sites (tertiary alicyclic amines) is 1. The van der Waals surface area contributed by atoms with Crippen LogP contribution in [0, 0.1) is 0 Å². The largest absolute Gasteiger partial charge is 0.416 e. The number of imide groups is 1. The maximum Gasteiger partial charge on any atom is 0.416 e. The molecule has 0 atom stereocenters. The van der Waals surface area contributed by atoms with Gasteiger partial charge in [-0.2, -0.15) is 18.3 Å². The summed E-state index contributed by atoms with van der Waals surface area (Å²) in [6.45, 7) is 1.25. The number of benzene rings is 2. The number of carbonyl (C=O) groups excluding carboxylic acids is 2. The molecule has 34 heavy (non-hydrogen) atoms. The number of fused-ring (bicyclic) bond motifs is 1. The third-order valence-corrected chi connectivity index (χ3v) is 7.01. The topological polar surface area (TPSA) is 58.4 Å². The molecule has 2 aromatic carbocycles. The van der Waals surface area contributed by atoms with E-state index in [4.69, 9.17) is 11.6 Å². The Morgan fingerprint density at radius 2 is 1.94 bits per heavy atom. The summed E-state index contributed by atoms with van der Waals surface area (Å²) < 4.78 is 41.8. The lowest BCUT2D eigenvalue weighted by Gasteiger charge is -2.40. The number of carbonyl (C=O) groups is 2. The van der Waals surface area contributed by atoms with E-state index in [1.165, 1.54) is 21.7 Å².